The van der Waals surface area contributed by atoms with Crippen LogP contribution in [0, 0.1) is 0 Å². The number of benzene rings is 1. The first-order valence-electron chi connectivity index (χ1n) is 9.71. The first-order valence-corrected chi connectivity index (χ1v) is 10.1. The van der Waals surface area contributed by atoms with Crippen molar-refractivity contribution in [3.63, 3.8) is 0 Å². The Morgan fingerprint density at radius 3 is 2.72 bits per heavy atom. The van der Waals surface area contributed by atoms with E-state index < -0.39 is 5.60 Å². The maximum absolute atomic E-state index is 12.7. The minimum absolute atomic E-state index is 0.0572. The van der Waals surface area contributed by atoms with Gasteiger partial charge in [-0.25, -0.2) is 4.98 Å². The maximum Gasteiger partial charge on any atom is 0.227 e. The summed E-state index contributed by atoms with van der Waals surface area (Å²) in [7, 11) is 1.61. The van der Waals surface area contributed by atoms with Crippen LogP contribution < -0.4 is 4.74 Å². The number of ether oxygens (including phenoxy) is 1. The molecule has 0 bridgehead atoms. The van der Waals surface area contributed by atoms with E-state index in [4.69, 9.17) is 16.3 Å². The summed E-state index contributed by atoms with van der Waals surface area (Å²) in [6.07, 6.45) is 3.29. The van der Waals surface area contributed by atoms with E-state index in [1.807, 2.05) is 52.1 Å². The highest BCUT2D eigenvalue weighted by Crippen LogP contribution is 2.28. The molecule has 4 rings (SSSR count). The normalized spacial score (nSPS) is 16.2. The number of nitrogens with zero attached hydrogens (tertiary/aromatic N) is 3. The lowest BCUT2D eigenvalue weighted by molar-refractivity contribution is -0.135. The van der Waals surface area contributed by atoms with Gasteiger partial charge in [-0.1, -0.05) is 29.8 Å². The molecule has 1 aliphatic heterocycles. The number of carbonyl (C=O) groups is 1. The number of halogens is 1. The molecule has 0 saturated carbocycles. The smallest absolute Gasteiger partial charge is 0.227 e. The number of hydrogen-bond acceptors (Lipinski definition) is 4. The standard InChI is InChI=1S/C22H24ClN3O3/c1-29-19-5-3-2-4-16(19)14-21(27)25-12-9-22(28,10-13-25)15-26-11-8-17-18(26)6-7-20(23)24-17/h2-8,11,28H,9-10,12-15H2,1H3. The molecule has 7 heteroatoms. The highest BCUT2D eigenvalue weighted by atomic mass is 35.5. The first kappa shape index (κ1) is 19.7. The highest BCUT2D eigenvalue weighted by molar-refractivity contribution is 6.29. The monoisotopic (exact) mass is 413 g/mol. The molecule has 1 fully saturated rings. The number of aromatic nitrogens is 2. The van der Waals surface area contributed by atoms with Gasteiger partial charge in [0.05, 0.1) is 36.7 Å². The molecule has 1 aromatic carbocycles. The summed E-state index contributed by atoms with van der Waals surface area (Å²) in [4.78, 5) is 18.9. The Morgan fingerprint density at radius 1 is 1.21 bits per heavy atom. The number of para-hydroxylation sites is 1. The van der Waals surface area contributed by atoms with Crippen LogP contribution in [0.15, 0.2) is 48.7 Å². The Morgan fingerprint density at radius 2 is 1.97 bits per heavy atom. The number of piperidine rings is 1. The van der Waals surface area contributed by atoms with E-state index in [0.717, 1.165) is 22.3 Å². The molecule has 1 saturated heterocycles. The number of rotatable bonds is 5. The molecule has 0 unspecified atom stereocenters. The molecule has 2 aromatic heterocycles. The number of aliphatic hydroxyl groups is 1. The van der Waals surface area contributed by atoms with E-state index in [0.29, 0.717) is 44.0 Å². The lowest BCUT2D eigenvalue weighted by atomic mass is 9.91. The molecule has 1 aliphatic rings. The SMILES string of the molecule is COc1ccccc1CC(=O)N1CCC(O)(Cn2ccc3nc(Cl)ccc32)CC1. The molecule has 6 nitrogen and oxygen atoms in total. The van der Waals surface area contributed by atoms with Gasteiger partial charge in [0.2, 0.25) is 5.91 Å². The van der Waals surface area contributed by atoms with Gasteiger partial charge in [-0.05, 0) is 37.1 Å². The van der Waals surface area contributed by atoms with Gasteiger partial charge in [-0.15, -0.1) is 0 Å². The summed E-state index contributed by atoms with van der Waals surface area (Å²) in [6, 6.07) is 13.1. The average Bonchev–Trinajstić information content (AvgIpc) is 3.10. The summed E-state index contributed by atoms with van der Waals surface area (Å²) in [6.45, 7) is 1.54. The third-order valence-electron chi connectivity index (χ3n) is 5.64. The van der Waals surface area contributed by atoms with Gasteiger partial charge < -0.3 is 19.3 Å². The van der Waals surface area contributed by atoms with E-state index >= 15 is 0 Å². The zero-order valence-corrected chi connectivity index (χ0v) is 17.1. The predicted octanol–water partition coefficient (Wildman–Crippen LogP) is 3.29. The number of carbonyl (C=O) groups excluding carboxylic acids is 1. The van der Waals surface area contributed by atoms with Crippen LogP contribution >= 0.6 is 11.6 Å². The fraction of sp³-hybridized carbons (Fsp3) is 0.364. The van der Waals surface area contributed by atoms with Crippen molar-refractivity contribution in [2.24, 2.45) is 0 Å². The van der Waals surface area contributed by atoms with Crippen molar-refractivity contribution in [2.75, 3.05) is 20.2 Å². The minimum Gasteiger partial charge on any atom is -0.496 e. The fourth-order valence-electron chi connectivity index (χ4n) is 3.96. The Bertz CT molecular complexity index is 1030. The van der Waals surface area contributed by atoms with Crippen molar-refractivity contribution < 1.29 is 14.6 Å². The number of likely N-dealkylation sites (tertiary alicyclic amines) is 1. The molecule has 0 spiro atoms. The van der Waals surface area contributed by atoms with E-state index in [1.165, 1.54) is 0 Å². The molecule has 0 radical (unpaired) electrons. The molecule has 29 heavy (non-hydrogen) atoms. The van der Waals surface area contributed by atoms with Crippen LogP contribution in [0.25, 0.3) is 11.0 Å². The number of amides is 1. The third kappa shape index (κ3) is 4.23. The second kappa shape index (κ2) is 8.05. The zero-order chi connectivity index (χ0) is 20.4. The van der Waals surface area contributed by atoms with Crippen LogP contribution in [-0.2, 0) is 17.8 Å². The van der Waals surface area contributed by atoms with Gasteiger partial charge in [0, 0.05) is 24.8 Å². The average molecular weight is 414 g/mol. The van der Waals surface area contributed by atoms with Gasteiger partial charge in [-0.3, -0.25) is 4.79 Å². The van der Waals surface area contributed by atoms with Crippen LogP contribution in [0.4, 0.5) is 0 Å². The summed E-state index contributed by atoms with van der Waals surface area (Å²) in [5.74, 6) is 0.782. The van der Waals surface area contributed by atoms with E-state index in [1.54, 1.807) is 13.2 Å². The summed E-state index contributed by atoms with van der Waals surface area (Å²) < 4.78 is 7.35. The Labute approximate surface area is 174 Å². The molecule has 1 amide bonds. The summed E-state index contributed by atoms with van der Waals surface area (Å²) in [5.41, 5.74) is 1.78. The van der Waals surface area contributed by atoms with Crippen molar-refractivity contribution in [1.82, 2.24) is 14.5 Å². The van der Waals surface area contributed by atoms with Crippen molar-refractivity contribution >= 4 is 28.5 Å². The van der Waals surface area contributed by atoms with Crippen LogP contribution in [0.3, 0.4) is 0 Å². The molecule has 1 N–H and O–H groups in total. The van der Waals surface area contributed by atoms with E-state index in [2.05, 4.69) is 4.98 Å². The van der Waals surface area contributed by atoms with Gasteiger partial charge in [0.1, 0.15) is 10.9 Å². The summed E-state index contributed by atoms with van der Waals surface area (Å²) >= 11 is 5.95. The lowest BCUT2D eigenvalue weighted by Gasteiger charge is -2.38. The van der Waals surface area contributed by atoms with Crippen molar-refractivity contribution in [2.45, 2.75) is 31.4 Å². The summed E-state index contributed by atoms with van der Waals surface area (Å²) in [5, 5.41) is 11.6. The fourth-order valence-corrected chi connectivity index (χ4v) is 4.11. The largest absolute Gasteiger partial charge is 0.496 e. The Hall–Kier alpha value is -2.57. The molecule has 152 valence electrons. The van der Waals surface area contributed by atoms with Gasteiger partial charge in [-0.2, -0.15) is 0 Å². The maximum atomic E-state index is 12.7. The predicted molar refractivity (Wildman–Crippen MR) is 112 cm³/mol. The van der Waals surface area contributed by atoms with Crippen LogP contribution in [0.1, 0.15) is 18.4 Å². The van der Waals surface area contributed by atoms with Crippen molar-refractivity contribution in [1.29, 1.82) is 0 Å². The van der Waals surface area contributed by atoms with Crippen LogP contribution in [0.5, 0.6) is 5.75 Å². The van der Waals surface area contributed by atoms with Crippen LogP contribution in [0.2, 0.25) is 5.15 Å². The van der Waals surface area contributed by atoms with E-state index in [9.17, 15) is 9.90 Å². The second-order valence-electron chi connectivity index (χ2n) is 7.58. The van der Waals surface area contributed by atoms with Crippen LogP contribution in [-0.4, -0.2) is 51.3 Å². The second-order valence-corrected chi connectivity index (χ2v) is 7.96. The molecule has 0 atom stereocenters. The van der Waals surface area contributed by atoms with Gasteiger partial charge in [0.15, 0.2) is 0 Å². The molecule has 3 heterocycles. The molecular formula is C22H24ClN3O3. The minimum atomic E-state index is -0.854. The van der Waals surface area contributed by atoms with Gasteiger partial charge in [0.25, 0.3) is 0 Å². The zero-order valence-electron chi connectivity index (χ0n) is 16.3. The number of methoxy groups -OCH3 is 1. The number of hydrogen-bond donors (Lipinski definition) is 1. The highest BCUT2D eigenvalue weighted by Gasteiger charge is 2.34. The number of fused-ring (bicyclic) bond motifs is 1. The molecule has 3 aromatic rings. The Balaban J connectivity index is 1.39. The molecule has 0 aliphatic carbocycles. The first-order chi connectivity index (χ1) is 14.0. The number of pyridine rings is 1. The lowest BCUT2D eigenvalue weighted by Crippen LogP contribution is -2.49. The van der Waals surface area contributed by atoms with Gasteiger partial charge >= 0.3 is 0 Å². The van der Waals surface area contributed by atoms with Crippen molar-refractivity contribution in [3.8, 4) is 5.75 Å². The topological polar surface area (TPSA) is 67.6 Å². The quantitative estimate of drug-likeness (QED) is 0.652. The third-order valence-corrected chi connectivity index (χ3v) is 5.85. The van der Waals surface area contributed by atoms with E-state index in [-0.39, 0.29) is 5.91 Å². The molecular weight excluding hydrogens is 390 g/mol. The van der Waals surface area contributed by atoms with Crippen molar-refractivity contribution in [3.05, 3.63) is 59.4 Å². The Kier molecular flexibility index (Phi) is 5.48.